The minimum Gasteiger partial charge on any atom is -0.481 e. The van der Waals surface area contributed by atoms with Crippen molar-refractivity contribution in [1.29, 1.82) is 0 Å². The molecule has 1 radical (unpaired) electrons. The standard InChI is InChI=1S/C16H31O3/c1-3-4-5-6-7-8-9-10-11-12-13-15(17)14(2)16(18)19/h15,17H,3-13H2,1-2H3,(H,18,19). The second-order valence-corrected chi connectivity index (χ2v) is 5.47. The molecule has 0 spiro atoms. The van der Waals surface area contributed by atoms with Gasteiger partial charge in [-0.1, -0.05) is 71.1 Å². The molecule has 0 aromatic rings. The number of carboxylic acids is 1. The molecular weight excluding hydrogens is 240 g/mol. The molecule has 1 unspecified atom stereocenters. The normalized spacial score (nSPS) is 12.8. The molecule has 0 aromatic carbocycles. The number of hydrogen-bond acceptors (Lipinski definition) is 2. The van der Waals surface area contributed by atoms with Crippen LogP contribution in [0.2, 0.25) is 0 Å². The highest BCUT2D eigenvalue weighted by molar-refractivity contribution is 5.82. The van der Waals surface area contributed by atoms with Crippen LogP contribution in [0.15, 0.2) is 0 Å². The molecule has 0 heterocycles. The first-order valence-electron chi connectivity index (χ1n) is 7.84. The molecule has 0 saturated heterocycles. The number of aliphatic carboxylic acids is 1. The van der Waals surface area contributed by atoms with Crippen molar-refractivity contribution >= 4 is 5.97 Å². The molecule has 0 rings (SSSR count). The fraction of sp³-hybridized carbons (Fsp3) is 0.875. The molecule has 0 aromatic heterocycles. The Bertz CT molecular complexity index is 216. The molecule has 0 amide bonds. The van der Waals surface area contributed by atoms with E-state index in [2.05, 4.69) is 6.92 Å². The number of rotatable bonds is 13. The third-order valence-corrected chi connectivity index (χ3v) is 3.67. The number of hydrogen-bond donors (Lipinski definition) is 2. The molecule has 0 aliphatic heterocycles. The number of carboxylic acid groups (broad SMARTS) is 1. The molecule has 0 saturated carbocycles. The summed E-state index contributed by atoms with van der Waals surface area (Å²) < 4.78 is 0. The van der Waals surface area contributed by atoms with Crippen molar-refractivity contribution in [1.82, 2.24) is 0 Å². The number of unbranched alkanes of at least 4 members (excludes halogenated alkanes) is 9. The Kier molecular flexibility index (Phi) is 12.1. The highest BCUT2D eigenvalue weighted by atomic mass is 16.4. The van der Waals surface area contributed by atoms with Crippen LogP contribution in [0.25, 0.3) is 0 Å². The first-order valence-corrected chi connectivity index (χ1v) is 7.84. The van der Waals surface area contributed by atoms with Gasteiger partial charge >= 0.3 is 5.97 Å². The van der Waals surface area contributed by atoms with Crippen LogP contribution in [0.1, 0.15) is 84.5 Å². The molecule has 3 heteroatoms. The van der Waals surface area contributed by atoms with Gasteiger partial charge < -0.3 is 10.2 Å². The molecule has 0 aliphatic rings. The van der Waals surface area contributed by atoms with Gasteiger partial charge in [-0.15, -0.1) is 0 Å². The maximum absolute atomic E-state index is 10.6. The topological polar surface area (TPSA) is 57.5 Å². The van der Waals surface area contributed by atoms with E-state index in [-0.39, 0.29) is 5.92 Å². The molecule has 3 nitrogen and oxygen atoms in total. The Labute approximate surface area is 118 Å². The third kappa shape index (κ3) is 11.0. The second kappa shape index (κ2) is 12.5. The van der Waals surface area contributed by atoms with Crippen molar-refractivity contribution < 1.29 is 15.0 Å². The Morgan fingerprint density at radius 1 is 0.895 bits per heavy atom. The Morgan fingerprint density at radius 3 is 1.74 bits per heavy atom. The van der Waals surface area contributed by atoms with Crippen LogP contribution in [0.5, 0.6) is 0 Å². The first-order chi connectivity index (χ1) is 9.09. The van der Waals surface area contributed by atoms with E-state index >= 15 is 0 Å². The van der Waals surface area contributed by atoms with Crippen LogP contribution < -0.4 is 0 Å². The maximum Gasteiger partial charge on any atom is 0.313 e. The van der Waals surface area contributed by atoms with E-state index in [1.807, 2.05) is 0 Å². The lowest BCUT2D eigenvalue weighted by atomic mass is 9.98. The smallest absolute Gasteiger partial charge is 0.313 e. The van der Waals surface area contributed by atoms with E-state index in [1.165, 1.54) is 58.3 Å². The van der Waals surface area contributed by atoms with E-state index in [0.717, 1.165) is 12.8 Å². The van der Waals surface area contributed by atoms with Gasteiger partial charge in [-0.2, -0.15) is 0 Å². The second-order valence-electron chi connectivity index (χ2n) is 5.47. The summed E-state index contributed by atoms with van der Waals surface area (Å²) in [5.74, 6) is -0.824. The molecule has 0 aliphatic carbocycles. The fourth-order valence-corrected chi connectivity index (χ4v) is 2.18. The zero-order valence-corrected chi connectivity index (χ0v) is 12.7. The van der Waals surface area contributed by atoms with E-state index in [4.69, 9.17) is 5.11 Å². The molecule has 0 bridgehead atoms. The van der Waals surface area contributed by atoms with E-state index in [0.29, 0.717) is 6.42 Å². The minimum atomic E-state index is -0.987. The zero-order valence-electron chi connectivity index (χ0n) is 12.7. The molecular formula is C16H31O3. The molecule has 0 fully saturated rings. The lowest BCUT2D eigenvalue weighted by Gasteiger charge is -2.13. The van der Waals surface area contributed by atoms with Crippen LogP contribution in [0, 0.1) is 5.92 Å². The van der Waals surface area contributed by atoms with Crippen LogP contribution in [0.4, 0.5) is 0 Å². The predicted octanol–water partition coefficient (Wildman–Crippen LogP) is 4.34. The van der Waals surface area contributed by atoms with E-state index in [9.17, 15) is 9.90 Å². The molecule has 19 heavy (non-hydrogen) atoms. The van der Waals surface area contributed by atoms with Gasteiger partial charge in [0.05, 0.1) is 6.10 Å². The lowest BCUT2D eigenvalue weighted by molar-refractivity contribution is -0.136. The Hall–Kier alpha value is -0.570. The first kappa shape index (κ1) is 18.4. The average molecular weight is 271 g/mol. The van der Waals surface area contributed by atoms with Gasteiger partial charge in [0.1, 0.15) is 5.92 Å². The Morgan fingerprint density at radius 2 is 1.32 bits per heavy atom. The van der Waals surface area contributed by atoms with Crippen molar-refractivity contribution in [2.75, 3.05) is 0 Å². The monoisotopic (exact) mass is 271 g/mol. The SMILES string of the molecule is CCCCCCCCCCCCC(O)[C](C)C(=O)O. The summed E-state index contributed by atoms with van der Waals surface area (Å²) in [5, 5.41) is 18.3. The highest BCUT2D eigenvalue weighted by Crippen LogP contribution is 2.15. The number of aliphatic hydroxyl groups excluding tert-OH is 1. The van der Waals surface area contributed by atoms with Gasteiger partial charge in [0.2, 0.25) is 0 Å². The van der Waals surface area contributed by atoms with Crippen molar-refractivity contribution in [3.8, 4) is 0 Å². The van der Waals surface area contributed by atoms with Crippen molar-refractivity contribution in [3.63, 3.8) is 0 Å². The quantitative estimate of drug-likeness (QED) is 0.490. The van der Waals surface area contributed by atoms with E-state index in [1.54, 1.807) is 0 Å². The summed E-state index contributed by atoms with van der Waals surface area (Å²) in [6, 6.07) is 0. The predicted molar refractivity (Wildman–Crippen MR) is 79.0 cm³/mol. The maximum atomic E-state index is 10.6. The van der Waals surface area contributed by atoms with Crippen LogP contribution in [-0.2, 0) is 4.79 Å². The summed E-state index contributed by atoms with van der Waals surface area (Å²) in [6.45, 7) is 3.72. The number of aliphatic hydroxyl groups is 1. The van der Waals surface area contributed by atoms with Crippen LogP contribution in [-0.4, -0.2) is 22.3 Å². The van der Waals surface area contributed by atoms with Crippen molar-refractivity contribution in [3.05, 3.63) is 5.92 Å². The van der Waals surface area contributed by atoms with Gasteiger partial charge in [-0.25, -0.2) is 0 Å². The molecule has 2 N–H and O–H groups in total. The van der Waals surface area contributed by atoms with Gasteiger partial charge in [0.25, 0.3) is 0 Å². The minimum absolute atomic E-state index is 0.163. The fourth-order valence-electron chi connectivity index (χ4n) is 2.18. The van der Waals surface area contributed by atoms with Crippen molar-refractivity contribution in [2.24, 2.45) is 0 Å². The zero-order chi connectivity index (χ0) is 14.5. The summed E-state index contributed by atoms with van der Waals surface area (Å²) in [7, 11) is 0. The van der Waals surface area contributed by atoms with E-state index < -0.39 is 12.1 Å². The Balaban J connectivity index is 3.25. The molecule has 113 valence electrons. The van der Waals surface area contributed by atoms with Crippen LogP contribution in [0.3, 0.4) is 0 Å². The molecule has 1 atom stereocenters. The van der Waals surface area contributed by atoms with Gasteiger partial charge in [0.15, 0.2) is 0 Å². The largest absolute Gasteiger partial charge is 0.481 e. The number of carbonyl (C=O) groups is 1. The summed E-state index contributed by atoms with van der Waals surface area (Å²) in [4.78, 5) is 10.6. The van der Waals surface area contributed by atoms with Gasteiger partial charge in [-0.3, -0.25) is 4.79 Å². The van der Waals surface area contributed by atoms with Gasteiger partial charge in [-0.05, 0) is 13.3 Å². The van der Waals surface area contributed by atoms with Crippen molar-refractivity contribution in [2.45, 2.75) is 90.6 Å². The third-order valence-electron chi connectivity index (χ3n) is 3.67. The average Bonchev–Trinajstić information content (AvgIpc) is 2.39. The highest BCUT2D eigenvalue weighted by Gasteiger charge is 2.21. The lowest BCUT2D eigenvalue weighted by Crippen LogP contribution is -2.23. The summed E-state index contributed by atoms with van der Waals surface area (Å²) in [5.41, 5.74) is 0. The summed E-state index contributed by atoms with van der Waals surface area (Å²) >= 11 is 0. The summed E-state index contributed by atoms with van der Waals surface area (Å²) in [6.07, 6.45) is 12.3. The van der Waals surface area contributed by atoms with Crippen LogP contribution >= 0.6 is 0 Å². The van der Waals surface area contributed by atoms with Gasteiger partial charge in [0, 0.05) is 0 Å².